The maximum Gasteiger partial charge on any atom is 0.277 e. The highest BCUT2D eigenvalue weighted by atomic mass is 32.2. The lowest BCUT2D eigenvalue weighted by Gasteiger charge is -2.10. The van der Waals surface area contributed by atoms with E-state index in [9.17, 15) is 0 Å². The number of ether oxygens (including phenoxy) is 1. The van der Waals surface area contributed by atoms with Gasteiger partial charge in [-0.1, -0.05) is 23.9 Å². The minimum atomic E-state index is 0.114. The molecule has 0 bridgehead atoms. The fraction of sp³-hybridized carbons (Fsp3) is 0.222. The number of nitrogens with zero attached hydrogens (tertiary/aromatic N) is 6. The summed E-state index contributed by atoms with van der Waals surface area (Å²) in [6.07, 6.45) is 0.504. The maximum absolute atomic E-state index is 5.84. The summed E-state index contributed by atoms with van der Waals surface area (Å²) >= 11 is 2.91. The van der Waals surface area contributed by atoms with Crippen molar-refractivity contribution in [2.45, 2.75) is 24.3 Å². The number of nitrogens with two attached hydrogens (primary N) is 1. The van der Waals surface area contributed by atoms with Gasteiger partial charge in [0.05, 0.1) is 35.7 Å². The largest absolute Gasteiger partial charge is 0.495 e. The van der Waals surface area contributed by atoms with Crippen molar-refractivity contribution in [1.82, 2.24) is 30.1 Å². The van der Waals surface area contributed by atoms with Gasteiger partial charge in [0.1, 0.15) is 11.6 Å². The van der Waals surface area contributed by atoms with Crippen LogP contribution in [0, 0.1) is 6.92 Å². The molecule has 3 N–H and O–H groups in total. The predicted octanol–water partition coefficient (Wildman–Crippen LogP) is 3.24. The zero-order valence-electron chi connectivity index (χ0n) is 16.2. The van der Waals surface area contributed by atoms with E-state index in [1.54, 1.807) is 18.4 Å². The van der Waals surface area contributed by atoms with Gasteiger partial charge in [0.15, 0.2) is 0 Å². The summed E-state index contributed by atoms with van der Waals surface area (Å²) in [7, 11) is 1.60. The number of rotatable bonds is 8. The molecule has 0 saturated carbocycles. The standard InChI is InChI=1S/C18H18N8O2S2/c1-10-20-11(8-29-10)7-15-25-26-18(28-15)30-9-14-22-16(19)24-17(23-14)21-12-5-3-4-6-13(12)27-2/h3-6,8H,7,9H2,1-2H3,(H3,19,21,22,23,24). The van der Waals surface area contributed by atoms with Crippen LogP contribution in [0.2, 0.25) is 0 Å². The molecule has 0 radical (unpaired) electrons. The van der Waals surface area contributed by atoms with E-state index in [0.29, 0.717) is 40.8 Å². The third-order valence-electron chi connectivity index (χ3n) is 3.82. The van der Waals surface area contributed by atoms with Gasteiger partial charge in [-0.25, -0.2) is 4.98 Å². The minimum absolute atomic E-state index is 0.114. The van der Waals surface area contributed by atoms with E-state index in [1.807, 2.05) is 36.6 Å². The number of aromatic nitrogens is 6. The van der Waals surface area contributed by atoms with E-state index in [4.69, 9.17) is 14.9 Å². The van der Waals surface area contributed by atoms with E-state index in [-0.39, 0.29) is 5.95 Å². The Morgan fingerprint density at radius 1 is 1.17 bits per heavy atom. The van der Waals surface area contributed by atoms with Gasteiger partial charge in [-0.15, -0.1) is 21.5 Å². The smallest absolute Gasteiger partial charge is 0.277 e. The highest BCUT2D eigenvalue weighted by Crippen LogP contribution is 2.26. The first-order valence-corrected chi connectivity index (χ1v) is 10.7. The van der Waals surface area contributed by atoms with Gasteiger partial charge in [-0.2, -0.15) is 15.0 Å². The van der Waals surface area contributed by atoms with Crippen LogP contribution in [0.15, 0.2) is 39.3 Å². The summed E-state index contributed by atoms with van der Waals surface area (Å²) in [5.74, 6) is 2.50. The molecule has 0 fully saturated rings. The van der Waals surface area contributed by atoms with E-state index in [0.717, 1.165) is 16.4 Å². The van der Waals surface area contributed by atoms with E-state index in [1.165, 1.54) is 11.8 Å². The molecule has 3 heterocycles. The molecule has 0 saturated heterocycles. The molecule has 4 rings (SSSR count). The third kappa shape index (κ3) is 5.02. The Kier molecular flexibility index (Phi) is 6.05. The number of aryl methyl sites for hydroxylation is 1. The summed E-state index contributed by atoms with van der Waals surface area (Å²) in [4.78, 5) is 17.1. The SMILES string of the molecule is COc1ccccc1Nc1nc(N)nc(CSc2nnc(Cc3csc(C)n3)o2)n1. The van der Waals surface area contributed by atoms with E-state index < -0.39 is 0 Å². The molecule has 0 unspecified atom stereocenters. The first kappa shape index (κ1) is 20.0. The number of methoxy groups -OCH3 is 1. The average molecular weight is 443 g/mol. The predicted molar refractivity (Wildman–Crippen MR) is 114 cm³/mol. The lowest BCUT2D eigenvalue weighted by Crippen LogP contribution is -2.07. The number of benzene rings is 1. The molecule has 0 aliphatic heterocycles. The maximum atomic E-state index is 5.84. The van der Waals surface area contributed by atoms with Crippen LogP contribution < -0.4 is 15.8 Å². The topological polar surface area (TPSA) is 138 Å². The third-order valence-corrected chi connectivity index (χ3v) is 5.46. The summed E-state index contributed by atoms with van der Waals surface area (Å²) in [6, 6.07) is 7.45. The normalized spacial score (nSPS) is 10.9. The molecule has 0 amide bonds. The van der Waals surface area contributed by atoms with Crippen molar-refractivity contribution in [2.75, 3.05) is 18.2 Å². The molecular weight excluding hydrogens is 424 g/mol. The van der Waals surface area contributed by atoms with Gasteiger partial charge in [-0.05, 0) is 19.1 Å². The van der Waals surface area contributed by atoms with Crippen molar-refractivity contribution in [3.05, 3.63) is 52.1 Å². The molecule has 3 aromatic heterocycles. The monoisotopic (exact) mass is 442 g/mol. The summed E-state index contributed by atoms with van der Waals surface area (Å²) in [5, 5.41) is 14.6. The Bertz CT molecular complexity index is 1150. The van der Waals surface area contributed by atoms with Crippen LogP contribution in [-0.4, -0.2) is 37.2 Å². The molecular formula is C18H18N8O2S2. The van der Waals surface area contributed by atoms with Crippen molar-refractivity contribution in [3.63, 3.8) is 0 Å². The number of thiazole rings is 1. The molecule has 1 aromatic carbocycles. The van der Waals surface area contributed by atoms with Gasteiger partial charge in [0, 0.05) is 5.38 Å². The molecule has 154 valence electrons. The first-order chi connectivity index (χ1) is 14.6. The lowest BCUT2D eigenvalue weighted by atomic mass is 10.3. The van der Waals surface area contributed by atoms with Crippen LogP contribution in [0.4, 0.5) is 17.6 Å². The molecule has 0 spiro atoms. The Labute approximate surface area is 180 Å². The Morgan fingerprint density at radius 2 is 2.03 bits per heavy atom. The van der Waals surface area contributed by atoms with Crippen LogP contribution in [0.3, 0.4) is 0 Å². The fourth-order valence-corrected chi connectivity index (χ4v) is 3.81. The van der Waals surface area contributed by atoms with Gasteiger partial charge in [0.2, 0.25) is 17.8 Å². The average Bonchev–Trinajstić information content (AvgIpc) is 3.35. The van der Waals surface area contributed by atoms with Crippen molar-refractivity contribution >= 4 is 40.7 Å². The van der Waals surface area contributed by atoms with Crippen LogP contribution >= 0.6 is 23.1 Å². The van der Waals surface area contributed by atoms with Crippen molar-refractivity contribution < 1.29 is 9.15 Å². The van der Waals surface area contributed by atoms with Crippen LogP contribution in [0.25, 0.3) is 0 Å². The fourth-order valence-electron chi connectivity index (χ4n) is 2.57. The zero-order valence-corrected chi connectivity index (χ0v) is 17.8. The quantitative estimate of drug-likeness (QED) is 0.389. The number of hydrogen-bond donors (Lipinski definition) is 2. The number of anilines is 3. The van der Waals surface area contributed by atoms with Gasteiger partial charge >= 0.3 is 0 Å². The molecule has 10 nitrogen and oxygen atoms in total. The van der Waals surface area contributed by atoms with Gasteiger partial charge < -0.3 is 20.2 Å². The van der Waals surface area contributed by atoms with Crippen molar-refractivity contribution in [3.8, 4) is 5.75 Å². The van der Waals surface area contributed by atoms with Crippen molar-refractivity contribution in [1.29, 1.82) is 0 Å². The lowest BCUT2D eigenvalue weighted by molar-refractivity contribution is 0.417. The second-order valence-electron chi connectivity index (χ2n) is 6.04. The molecule has 30 heavy (non-hydrogen) atoms. The number of para-hydroxylation sites is 2. The Hall–Kier alpha value is -3.25. The second-order valence-corrected chi connectivity index (χ2v) is 8.03. The Morgan fingerprint density at radius 3 is 2.83 bits per heavy atom. The van der Waals surface area contributed by atoms with E-state index in [2.05, 4.69) is 35.5 Å². The highest BCUT2D eigenvalue weighted by molar-refractivity contribution is 7.98. The zero-order chi connectivity index (χ0) is 20.9. The number of nitrogens with one attached hydrogen (secondary N) is 1. The number of thioether (sulfide) groups is 1. The molecule has 0 aliphatic carbocycles. The van der Waals surface area contributed by atoms with Crippen LogP contribution in [-0.2, 0) is 12.2 Å². The summed E-state index contributed by atoms with van der Waals surface area (Å²) in [5.41, 5.74) is 7.48. The molecule has 0 aliphatic rings. The number of hydrogen-bond acceptors (Lipinski definition) is 12. The van der Waals surface area contributed by atoms with Crippen LogP contribution in [0.1, 0.15) is 22.4 Å². The second kappa shape index (κ2) is 9.05. The Balaban J connectivity index is 1.41. The van der Waals surface area contributed by atoms with Crippen molar-refractivity contribution in [2.24, 2.45) is 0 Å². The molecule has 4 aromatic rings. The van der Waals surface area contributed by atoms with Crippen LogP contribution in [0.5, 0.6) is 5.75 Å². The molecule has 0 atom stereocenters. The summed E-state index contributed by atoms with van der Waals surface area (Å²) < 4.78 is 11.0. The first-order valence-electron chi connectivity index (χ1n) is 8.85. The number of nitrogen functional groups attached to an aromatic ring is 1. The molecule has 12 heteroatoms. The minimum Gasteiger partial charge on any atom is -0.495 e. The van der Waals surface area contributed by atoms with Gasteiger partial charge in [-0.3, -0.25) is 0 Å². The highest BCUT2D eigenvalue weighted by Gasteiger charge is 2.12. The van der Waals surface area contributed by atoms with E-state index >= 15 is 0 Å². The summed E-state index contributed by atoms with van der Waals surface area (Å²) in [6.45, 7) is 1.96. The van der Waals surface area contributed by atoms with Gasteiger partial charge in [0.25, 0.3) is 5.22 Å².